The van der Waals surface area contributed by atoms with Crippen LogP contribution in [0.4, 0.5) is 0 Å². The van der Waals surface area contributed by atoms with Gasteiger partial charge in [0.15, 0.2) is 0 Å². The zero-order valence-corrected chi connectivity index (χ0v) is 13.4. The normalized spacial score (nSPS) is 15.7. The summed E-state index contributed by atoms with van der Waals surface area (Å²) in [4.78, 5) is 14.7. The van der Waals surface area contributed by atoms with Crippen molar-refractivity contribution in [3.8, 4) is 0 Å². The van der Waals surface area contributed by atoms with E-state index in [2.05, 4.69) is 22.5 Å². The summed E-state index contributed by atoms with van der Waals surface area (Å²) in [6, 6.07) is 7.87. The molecule has 0 unspecified atom stereocenters. The van der Waals surface area contributed by atoms with Crippen molar-refractivity contribution < 1.29 is 9.53 Å². The lowest BCUT2D eigenvalue weighted by Gasteiger charge is -2.27. The molecule has 1 aromatic carbocycles. The molecule has 1 fully saturated rings. The number of carbonyl (C=O) groups is 1. The number of amides is 1. The van der Waals surface area contributed by atoms with Gasteiger partial charge in [0.2, 0.25) is 0 Å². The molecule has 22 heavy (non-hydrogen) atoms. The van der Waals surface area contributed by atoms with Crippen molar-refractivity contribution in [1.29, 1.82) is 0 Å². The number of ether oxygens (including phenoxy) is 1. The number of nitrogens with zero attached hydrogens (tertiary/aromatic N) is 1. The third kappa shape index (κ3) is 5.40. The van der Waals surface area contributed by atoms with Gasteiger partial charge in [0, 0.05) is 38.3 Å². The standard InChI is InChI=1S/C17H27N3O2/c1-2-7-18-8-9-19-17(21)16-6-4-3-5-15(16)14-20-10-12-22-13-11-20/h3-6,18H,2,7-14H2,1H3,(H,19,21). The lowest BCUT2D eigenvalue weighted by molar-refractivity contribution is 0.0341. The Balaban J connectivity index is 1.87. The van der Waals surface area contributed by atoms with E-state index < -0.39 is 0 Å². The number of hydrogen-bond donors (Lipinski definition) is 2. The Morgan fingerprint density at radius 3 is 2.73 bits per heavy atom. The van der Waals surface area contributed by atoms with Crippen LogP contribution in [-0.2, 0) is 11.3 Å². The Morgan fingerprint density at radius 1 is 1.18 bits per heavy atom. The Morgan fingerprint density at radius 2 is 1.95 bits per heavy atom. The minimum atomic E-state index is 0.0159. The molecule has 1 aliphatic heterocycles. The molecule has 0 aromatic heterocycles. The Bertz CT molecular complexity index is 459. The van der Waals surface area contributed by atoms with Crippen LogP contribution in [-0.4, -0.2) is 56.7 Å². The summed E-state index contributed by atoms with van der Waals surface area (Å²) in [5.74, 6) is 0.0159. The number of carbonyl (C=O) groups excluding carboxylic acids is 1. The first-order valence-electron chi connectivity index (χ1n) is 8.18. The first-order valence-corrected chi connectivity index (χ1v) is 8.18. The highest BCUT2D eigenvalue weighted by Crippen LogP contribution is 2.13. The van der Waals surface area contributed by atoms with Gasteiger partial charge in [-0.1, -0.05) is 25.1 Å². The third-order valence-corrected chi connectivity index (χ3v) is 3.77. The van der Waals surface area contributed by atoms with Crippen molar-refractivity contribution in [2.75, 3.05) is 45.9 Å². The van der Waals surface area contributed by atoms with Gasteiger partial charge in [0.05, 0.1) is 13.2 Å². The maximum absolute atomic E-state index is 12.4. The van der Waals surface area contributed by atoms with Crippen molar-refractivity contribution in [2.45, 2.75) is 19.9 Å². The number of nitrogens with one attached hydrogen (secondary N) is 2. The van der Waals surface area contributed by atoms with Crippen molar-refractivity contribution in [1.82, 2.24) is 15.5 Å². The summed E-state index contributed by atoms with van der Waals surface area (Å²) in [5.41, 5.74) is 1.87. The Labute approximate surface area is 133 Å². The second-order valence-corrected chi connectivity index (χ2v) is 5.55. The molecule has 5 heteroatoms. The van der Waals surface area contributed by atoms with E-state index in [9.17, 15) is 4.79 Å². The molecule has 0 bridgehead atoms. The van der Waals surface area contributed by atoms with Gasteiger partial charge in [-0.15, -0.1) is 0 Å². The van der Waals surface area contributed by atoms with Gasteiger partial charge < -0.3 is 15.4 Å². The molecule has 5 nitrogen and oxygen atoms in total. The second kappa shape index (κ2) is 9.56. The third-order valence-electron chi connectivity index (χ3n) is 3.77. The van der Waals surface area contributed by atoms with Gasteiger partial charge in [0.1, 0.15) is 0 Å². The first-order chi connectivity index (χ1) is 10.8. The van der Waals surface area contributed by atoms with Gasteiger partial charge in [-0.2, -0.15) is 0 Å². The molecule has 122 valence electrons. The van der Waals surface area contributed by atoms with E-state index in [-0.39, 0.29) is 5.91 Å². The summed E-state index contributed by atoms with van der Waals surface area (Å²) in [6.45, 7) is 8.80. The minimum absolute atomic E-state index is 0.0159. The zero-order valence-electron chi connectivity index (χ0n) is 13.4. The highest BCUT2D eigenvalue weighted by atomic mass is 16.5. The number of rotatable bonds is 8. The van der Waals surface area contributed by atoms with Crippen LogP contribution < -0.4 is 10.6 Å². The van der Waals surface area contributed by atoms with Crippen molar-refractivity contribution in [3.63, 3.8) is 0 Å². The van der Waals surface area contributed by atoms with E-state index >= 15 is 0 Å². The predicted octanol–water partition coefficient (Wildman–Crippen LogP) is 1.25. The van der Waals surface area contributed by atoms with E-state index in [1.165, 1.54) is 0 Å². The molecular weight excluding hydrogens is 278 g/mol. The zero-order chi connectivity index (χ0) is 15.6. The molecule has 1 amide bonds. The Hall–Kier alpha value is -1.43. The van der Waals surface area contributed by atoms with Crippen molar-refractivity contribution >= 4 is 5.91 Å². The van der Waals surface area contributed by atoms with Crippen LogP contribution in [0.2, 0.25) is 0 Å². The molecule has 0 aliphatic carbocycles. The van der Waals surface area contributed by atoms with Gasteiger partial charge in [0.25, 0.3) is 5.91 Å². The van der Waals surface area contributed by atoms with Crippen LogP contribution >= 0.6 is 0 Å². The van der Waals surface area contributed by atoms with Gasteiger partial charge in [-0.25, -0.2) is 0 Å². The SMILES string of the molecule is CCCNCCNC(=O)c1ccccc1CN1CCOCC1. The molecule has 0 atom stereocenters. The molecule has 2 rings (SSSR count). The average molecular weight is 305 g/mol. The molecule has 0 saturated carbocycles. The fraction of sp³-hybridized carbons (Fsp3) is 0.588. The van der Waals surface area contributed by atoms with E-state index in [4.69, 9.17) is 4.74 Å². The molecule has 1 saturated heterocycles. The topological polar surface area (TPSA) is 53.6 Å². The molecule has 0 spiro atoms. The van der Waals surface area contributed by atoms with Gasteiger partial charge in [-0.05, 0) is 24.6 Å². The summed E-state index contributed by atoms with van der Waals surface area (Å²) >= 11 is 0. The largest absolute Gasteiger partial charge is 0.379 e. The molecular formula is C17H27N3O2. The van der Waals surface area contributed by atoms with E-state index in [0.29, 0.717) is 6.54 Å². The quantitative estimate of drug-likeness (QED) is 0.710. The summed E-state index contributed by atoms with van der Waals surface area (Å²) in [6.07, 6.45) is 1.11. The lowest BCUT2D eigenvalue weighted by Crippen LogP contribution is -2.37. The highest BCUT2D eigenvalue weighted by Gasteiger charge is 2.15. The fourth-order valence-corrected chi connectivity index (χ4v) is 2.54. The smallest absolute Gasteiger partial charge is 0.251 e. The maximum atomic E-state index is 12.4. The van der Waals surface area contributed by atoms with Crippen molar-refractivity contribution in [3.05, 3.63) is 35.4 Å². The van der Waals surface area contributed by atoms with E-state index in [1.807, 2.05) is 24.3 Å². The summed E-state index contributed by atoms with van der Waals surface area (Å²) in [5, 5.41) is 6.28. The molecule has 1 heterocycles. The molecule has 0 radical (unpaired) electrons. The van der Waals surface area contributed by atoms with Crippen LogP contribution in [0.25, 0.3) is 0 Å². The van der Waals surface area contributed by atoms with E-state index in [0.717, 1.165) is 63.5 Å². The first kappa shape index (κ1) is 16.9. The predicted molar refractivity (Wildman–Crippen MR) is 88.0 cm³/mol. The molecule has 1 aromatic rings. The fourth-order valence-electron chi connectivity index (χ4n) is 2.54. The maximum Gasteiger partial charge on any atom is 0.251 e. The van der Waals surface area contributed by atoms with Crippen LogP contribution in [0.5, 0.6) is 0 Å². The summed E-state index contributed by atoms with van der Waals surface area (Å²) in [7, 11) is 0. The summed E-state index contributed by atoms with van der Waals surface area (Å²) < 4.78 is 5.37. The van der Waals surface area contributed by atoms with Crippen LogP contribution in [0.15, 0.2) is 24.3 Å². The lowest BCUT2D eigenvalue weighted by atomic mass is 10.1. The molecule has 1 aliphatic rings. The Kier molecular flexibility index (Phi) is 7.36. The number of morpholine rings is 1. The average Bonchev–Trinajstić information content (AvgIpc) is 2.56. The number of hydrogen-bond acceptors (Lipinski definition) is 4. The van der Waals surface area contributed by atoms with Crippen molar-refractivity contribution in [2.24, 2.45) is 0 Å². The monoisotopic (exact) mass is 305 g/mol. The molecule has 2 N–H and O–H groups in total. The van der Waals surface area contributed by atoms with Crippen LogP contribution in [0.1, 0.15) is 29.3 Å². The number of benzene rings is 1. The van der Waals surface area contributed by atoms with Gasteiger partial charge in [-0.3, -0.25) is 9.69 Å². The minimum Gasteiger partial charge on any atom is -0.379 e. The van der Waals surface area contributed by atoms with Crippen LogP contribution in [0, 0.1) is 0 Å². The van der Waals surface area contributed by atoms with E-state index in [1.54, 1.807) is 0 Å². The second-order valence-electron chi connectivity index (χ2n) is 5.55. The highest BCUT2D eigenvalue weighted by molar-refractivity contribution is 5.95. The van der Waals surface area contributed by atoms with Crippen LogP contribution in [0.3, 0.4) is 0 Å². The van der Waals surface area contributed by atoms with Gasteiger partial charge >= 0.3 is 0 Å².